The number of amides is 3. The van der Waals surface area contributed by atoms with Crippen LogP contribution in [0.4, 0.5) is 5.69 Å². The molecule has 2 aliphatic carbocycles. The Hall–Kier alpha value is -3.17. The number of rotatable bonds is 10. The van der Waals surface area contributed by atoms with Gasteiger partial charge in [0, 0.05) is 24.7 Å². The number of ketones is 1. The molecule has 1 aromatic rings. The van der Waals surface area contributed by atoms with E-state index in [4.69, 9.17) is 5.73 Å². The van der Waals surface area contributed by atoms with Crippen LogP contribution in [0.1, 0.15) is 70.3 Å². The fourth-order valence-corrected chi connectivity index (χ4v) is 5.15. The van der Waals surface area contributed by atoms with Crippen LogP contribution >= 0.6 is 0 Å². The van der Waals surface area contributed by atoms with Crippen molar-refractivity contribution in [2.45, 2.75) is 82.3 Å². The highest BCUT2D eigenvalue weighted by molar-refractivity contribution is 6.38. The number of hydrogen-bond acceptors (Lipinski definition) is 6. The number of nitrogens with two attached hydrogens (primary N) is 1. The fourth-order valence-electron chi connectivity index (χ4n) is 5.15. The van der Waals surface area contributed by atoms with Gasteiger partial charge in [0.2, 0.25) is 17.6 Å². The van der Waals surface area contributed by atoms with Gasteiger partial charge in [-0.15, -0.1) is 0 Å². The van der Waals surface area contributed by atoms with Gasteiger partial charge in [-0.1, -0.05) is 32.1 Å². The molecule has 1 aliphatic heterocycles. The molecule has 0 radical (unpaired) electrons. The Bertz CT molecular complexity index is 1030. The van der Waals surface area contributed by atoms with Gasteiger partial charge in [-0.2, -0.15) is 0 Å². The number of aromatic nitrogens is 1. The average molecular weight is 486 g/mol. The zero-order chi connectivity index (χ0) is 24.9. The third-order valence-electron chi connectivity index (χ3n) is 7.38. The van der Waals surface area contributed by atoms with Crippen LogP contribution in [-0.2, 0) is 19.2 Å². The number of anilines is 1. The summed E-state index contributed by atoms with van der Waals surface area (Å²) < 4.78 is 1.33. The summed E-state index contributed by atoms with van der Waals surface area (Å²) in [4.78, 5) is 64.2. The third kappa shape index (κ3) is 6.29. The number of Topliss-reactive ketones (excluding diaryl/α,β-unsaturated/α-hetero) is 1. The fraction of sp³-hybridized carbons (Fsp3) is 0.640. The standard InChI is InChI=1S/C25H35N5O5/c26-18-7-4-12-30(25(18)35)20(13-15-5-2-1-3-6-15)23(33)29-19(14-16-10-11-27-22(16)32)21(31)24(34)28-17-8-9-17/h4,7,12,15-17,19-20H,1-3,5-6,8-11,13-14,26H2,(H,27,32)(H,28,34)(H,29,33). The number of pyridine rings is 1. The van der Waals surface area contributed by atoms with Crippen LogP contribution in [-0.4, -0.2) is 46.7 Å². The molecule has 1 saturated heterocycles. The maximum Gasteiger partial charge on any atom is 0.289 e. The molecular weight excluding hydrogens is 450 g/mol. The number of nitrogens with one attached hydrogen (secondary N) is 3. The summed E-state index contributed by atoms with van der Waals surface area (Å²) in [5.74, 6) is -2.42. The summed E-state index contributed by atoms with van der Waals surface area (Å²) >= 11 is 0. The van der Waals surface area contributed by atoms with Crippen molar-refractivity contribution >= 4 is 29.2 Å². The molecule has 1 aromatic heterocycles. The molecule has 0 spiro atoms. The minimum Gasteiger partial charge on any atom is -0.394 e. The van der Waals surface area contributed by atoms with Crippen LogP contribution in [0, 0.1) is 11.8 Å². The van der Waals surface area contributed by atoms with E-state index in [-0.39, 0.29) is 30.0 Å². The molecule has 3 amide bonds. The maximum absolute atomic E-state index is 13.6. The summed E-state index contributed by atoms with van der Waals surface area (Å²) in [6.45, 7) is 0.496. The van der Waals surface area contributed by atoms with Gasteiger partial charge in [0.25, 0.3) is 11.5 Å². The van der Waals surface area contributed by atoms with Crippen molar-refractivity contribution in [1.29, 1.82) is 0 Å². The van der Waals surface area contributed by atoms with E-state index in [0.717, 1.165) is 44.9 Å². The normalized spacial score (nSPS) is 22.2. The van der Waals surface area contributed by atoms with Crippen molar-refractivity contribution in [3.05, 3.63) is 28.7 Å². The molecule has 2 heterocycles. The van der Waals surface area contributed by atoms with E-state index in [0.29, 0.717) is 19.4 Å². The number of carbonyl (C=O) groups is 4. The predicted molar refractivity (Wildman–Crippen MR) is 129 cm³/mol. The number of nitrogens with zero attached hydrogens (tertiary/aromatic N) is 1. The van der Waals surface area contributed by atoms with E-state index in [1.807, 2.05) is 0 Å². The van der Waals surface area contributed by atoms with Crippen LogP contribution in [0.5, 0.6) is 0 Å². The summed E-state index contributed by atoms with van der Waals surface area (Å²) in [6, 6.07) is 1.07. The van der Waals surface area contributed by atoms with Crippen molar-refractivity contribution in [1.82, 2.24) is 20.5 Å². The molecule has 0 bridgehead atoms. The van der Waals surface area contributed by atoms with E-state index in [9.17, 15) is 24.0 Å². The first-order valence-electron chi connectivity index (χ1n) is 12.7. The lowest BCUT2D eigenvalue weighted by atomic mass is 9.84. The van der Waals surface area contributed by atoms with E-state index >= 15 is 0 Å². The Morgan fingerprint density at radius 2 is 1.80 bits per heavy atom. The second-order valence-electron chi connectivity index (χ2n) is 10.1. The monoisotopic (exact) mass is 485 g/mol. The Morgan fingerprint density at radius 3 is 2.46 bits per heavy atom. The molecule has 0 aromatic carbocycles. The Morgan fingerprint density at radius 1 is 1.06 bits per heavy atom. The second kappa shape index (κ2) is 11.0. The molecule has 4 rings (SSSR count). The molecule has 190 valence electrons. The lowest BCUT2D eigenvalue weighted by molar-refractivity contribution is -0.141. The first kappa shape index (κ1) is 24.9. The van der Waals surface area contributed by atoms with Crippen LogP contribution in [0.15, 0.2) is 23.1 Å². The van der Waals surface area contributed by atoms with Gasteiger partial charge in [-0.05, 0) is 50.2 Å². The highest BCUT2D eigenvalue weighted by Crippen LogP contribution is 2.31. The molecule has 5 N–H and O–H groups in total. The van der Waals surface area contributed by atoms with Crippen LogP contribution in [0.25, 0.3) is 0 Å². The summed E-state index contributed by atoms with van der Waals surface area (Å²) in [7, 11) is 0. The third-order valence-corrected chi connectivity index (χ3v) is 7.38. The van der Waals surface area contributed by atoms with Gasteiger partial charge in [0.15, 0.2) is 0 Å². The molecule has 35 heavy (non-hydrogen) atoms. The van der Waals surface area contributed by atoms with Crippen molar-refractivity contribution in [2.75, 3.05) is 12.3 Å². The average Bonchev–Trinajstić information content (AvgIpc) is 3.58. The molecular formula is C25H35N5O5. The minimum atomic E-state index is -1.15. The Labute approximate surface area is 204 Å². The summed E-state index contributed by atoms with van der Waals surface area (Å²) in [5, 5.41) is 8.15. The lowest BCUT2D eigenvalue weighted by Crippen LogP contribution is -2.51. The molecule has 3 atom stereocenters. The predicted octanol–water partition coefficient (Wildman–Crippen LogP) is 0.801. The van der Waals surface area contributed by atoms with E-state index < -0.39 is 41.2 Å². The van der Waals surface area contributed by atoms with Crippen molar-refractivity contribution in [3.63, 3.8) is 0 Å². The zero-order valence-corrected chi connectivity index (χ0v) is 20.0. The second-order valence-corrected chi connectivity index (χ2v) is 10.1. The van der Waals surface area contributed by atoms with Crippen LogP contribution in [0.3, 0.4) is 0 Å². The van der Waals surface area contributed by atoms with Gasteiger partial charge >= 0.3 is 0 Å². The van der Waals surface area contributed by atoms with Crippen LogP contribution < -0.4 is 27.2 Å². The largest absolute Gasteiger partial charge is 0.394 e. The van der Waals surface area contributed by atoms with Crippen molar-refractivity contribution in [2.24, 2.45) is 11.8 Å². The lowest BCUT2D eigenvalue weighted by Gasteiger charge is -2.29. The first-order valence-corrected chi connectivity index (χ1v) is 12.7. The topological polar surface area (TPSA) is 152 Å². The summed E-state index contributed by atoms with van der Waals surface area (Å²) in [5.41, 5.74) is 5.41. The highest BCUT2D eigenvalue weighted by Gasteiger charge is 2.37. The number of carbonyl (C=O) groups excluding carboxylic acids is 4. The van der Waals surface area contributed by atoms with E-state index in [1.54, 1.807) is 6.07 Å². The molecule has 10 heteroatoms. The van der Waals surface area contributed by atoms with Crippen LogP contribution in [0.2, 0.25) is 0 Å². The maximum atomic E-state index is 13.6. The van der Waals surface area contributed by atoms with Gasteiger partial charge in [0.05, 0.1) is 11.7 Å². The molecule has 3 fully saturated rings. The number of hydrogen-bond donors (Lipinski definition) is 4. The zero-order valence-electron chi connectivity index (χ0n) is 20.0. The smallest absolute Gasteiger partial charge is 0.289 e. The van der Waals surface area contributed by atoms with E-state index in [2.05, 4.69) is 16.0 Å². The van der Waals surface area contributed by atoms with Gasteiger partial charge in [-0.3, -0.25) is 24.0 Å². The molecule has 3 aliphatic rings. The molecule has 3 unspecified atom stereocenters. The highest BCUT2D eigenvalue weighted by atomic mass is 16.2. The SMILES string of the molecule is Nc1cccn(C(CC2CCCCC2)C(=O)NC(CC2CCNC2=O)C(=O)C(=O)NC2CC2)c1=O. The van der Waals surface area contributed by atoms with Crippen molar-refractivity contribution in [3.8, 4) is 0 Å². The first-order chi connectivity index (χ1) is 16.8. The summed E-state index contributed by atoms with van der Waals surface area (Å²) in [6.07, 6.45) is 9.42. The van der Waals surface area contributed by atoms with Gasteiger partial charge in [-0.25, -0.2) is 0 Å². The minimum absolute atomic E-state index is 0.0116. The van der Waals surface area contributed by atoms with Gasteiger partial charge < -0.3 is 26.3 Å². The number of nitrogen functional groups attached to an aromatic ring is 1. The van der Waals surface area contributed by atoms with Gasteiger partial charge in [0.1, 0.15) is 6.04 Å². The molecule has 10 nitrogen and oxygen atoms in total. The quantitative estimate of drug-likeness (QED) is 0.360. The Kier molecular flexibility index (Phi) is 7.87. The molecule has 2 saturated carbocycles. The Balaban J connectivity index is 1.56. The van der Waals surface area contributed by atoms with E-state index in [1.165, 1.54) is 16.8 Å². The van der Waals surface area contributed by atoms with Crippen molar-refractivity contribution < 1.29 is 19.2 Å².